The van der Waals surface area contributed by atoms with Gasteiger partial charge in [0.1, 0.15) is 13.2 Å². The summed E-state index contributed by atoms with van der Waals surface area (Å²) in [4.78, 5) is 38.2. The molecular weight excluding hydrogens is 913 g/mol. The van der Waals surface area contributed by atoms with Gasteiger partial charge in [0.2, 0.25) is 0 Å². The second-order valence-corrected chi connectivity index (χ2v) is 20.6. The van der Waals surface area contributed by atoms with Gasteiger partial charge in [-0.3, -0.25) is 14.4 Å². The van der Waals surface area contributed by atoms with Crippen molar-refractivity contribution in [2.45, 2.75) is 303 Å². The highest BCUT2D eigenvalue weighted by Gasteiger charge is 2.19. The first-order valence-corrected chi connectivity index (χ1v) is 31.2. The minimum atomic E-state index is -0.802. The zero-order chi connectivity index (χ0) is 53.6. The van der Waals surface area contributed by atoms with E-state index in [1.165, 1.54) is 161 Å². The molecule has 424 valence electrons. The first kappa shape index (κ1) is 70.3. The molecular formula is C68H116O6. The van der Waals surface area contributed by atoms with Gasteiger partial charge < -0.3 is 14.2 Å². The molecule has 0 rings (SSSR count). The van der Waals surface area contributed by atoms with Crippen LogP contribution in [0.1, 0.15) is 297 Å². The number of unbranched alkanes of at least 4 members (excludes halogenated alkanes) is 29. The van der Waals surface area contributed by atoms with E-state index in [0.29, 0.717) is 19.3 Å². The summed E-state index contributed by atoms with van der Waals surface area (Å²) in [6, 6.07) is 0. The number of rotatable bonds is 56. The molecule has 0 aromatic rings. The van der Waals surface area contributed by atoms with E-state index < -0.39 is 6.10 Å². The lowest BCUT2D eigenvalue weighted by atomic mass is 10.0. The van der Waals surface area contributed by atoms with Gasteiger partial charge in [0.25, 0.3) is 0 Å². The number of hydrogen-bond donors (Lipinski definition) is 0. The lowest BCUT2D eigenvalue weighted by molar-refractivity contribution is -0.167. The Balaban J connectivity index is 4.42. The van der Waals surface area contributed by atoms with Gasteiger partial charge in [0, 0.05) is 19.3 Å². The normalized spacial score (nSPS) is 12.7. The molecule has 0 aliphatic rings. The maximum Gasteiger partial charge on any atom is 0.306 e. The van der Waals surface area contributed by atoms with Crippen molar-refractivity contribution in [3.05, 3.63) is 97.2 Å². The average Bonchev–Trinajstić information content (AvgIpc) is 3.40. The lowest BCUT2D eigenvalue weighted by Gasteiger charge is -2.18. The van der Waals surface area contributed by atoms with Gasteiger partial charge in [-0.1, -0.05) is 279 Å². The van der Waals surface area contributed by atoms with Crippen LogP contribution in [-0.2, 0) is 28.6 Å². The van der Waals surface area contributed by atoms with Crippen molar-refractivity contribution in [3.8, 4) is 0 Å². The summed E-state index contributed by atoms with van der Waals surface area (Å²) < 4.78 is 16.9. The SMILES string of the molecule is CC/C=C\C/C=C\C/C=C\C/C=C\C/C=C\C/C=C\C/C=C\CCCC(=O)OCC(COC(=O)CCCCCCCCCCCCCC)OC(=O)CCCCCCCCCCC/C=C\CCCCCCCCCC. The molecule has 0 N–H and O–H groups in total. The van der Waals surface area contributed by atoms with Gasteiger partial charge >= 0.3 is 17.9 Å². The molecule has 0 heterocycles. The van der Waals surface area contributed by atoms with Crippen LogP contribution < -0.4 is 0 Å². The highest BCUT2D eigenvalue weighted by molar-refractivity contribution is 5.71. The Morgan fingerprint density at radius 3 is 0.892 bits per heavy atom. The number of carbonyl (C=O) groups is 3. The molecule has 0 bridgehead atoms. The second-order valence-electron chi connectivity index (χ2n) is 20.6. The third-order valence-electron chi connectivity index (χ3n) is 13.3. The number of hydrogen-bond acceptors (Lipinski definition) is 6. The molecule has 0 radical (unpaired) electrons. The topological polar surface area (TPSA) is 78.9 Å². The maximum absolute atomic E-state index is 12.9. The summed E-state index contributed by atoms with van der Waals surface area (Å²) in [5.74, 6) is -0.950. The quantitative estimate of drug-likeness (QED) is 0.0261. The second kappa shape index (κ2) is 61.9. The van der Waals surface area contributed by atoms with Crippen molar-refractivity contribution in [2.75, 3.05) is 13.2 Å². The van der Waals surface area contributed by atoms with Crippen LogP contribution in [0.3, 0.4) is 0 Å². The highest BCUT2D eigenvalue weighted by Crippen LogP contribution is 2.16. The Bertz CT molecular complexity index is 1460. The molecule has 0 saturated heterocycles. The summed E-state index contributed by atoms with van der Waals surface area (Å²) in [7, 11) is 0. The monoisotopic (exact) mass is 1030 g/mol. The molecule has 1 atom stereocenters. The summed E-state index contributed by atoms with van der Waals surface area (Å²) in [5, 5.41) is 0. The fourth-order valence-electron chi connectivity index (χ4n) is 8.66. The molecule has 1 unspecified atom stereocenters. The Hall–Kier alpha value is -3.67. The molecule has 0 aliphatic carbocycles. The number of esters is 3. The molecule has 0 amide bonds. The molecule has 0 aliphatic heterocycles. The molecule has 0 saturated carbocycles. The zero-order valence-corrected chi connectivity index (χ0v) is 48.6. The molecule has 0 aromatic carbocycles. The van der Waals surface area contributed by atoms with Gasteiger partial charge in [-0.05, 0) is 96.3 Å². The van der Waals surface area contributed by atoms with Crippen LogP contribution in [0.2, 0.25) is 0 Å². The Morgan fingerprint density at radius 2 is 0.541 bits per heavy atom. The molecule has 6 heteroatoms. The third-order valence-corrected chi connectivity index (χ3v) is 13.3. The van der Waals surface area contributed by atoms with Crippen molar-refractivity contribution >= 4 is 17.9 Å². The minimum absolute atomic E-state index is 0.0942. The van der Waals surface area contributed by atoms with Crippen molar-refractivity contribution in [2.24, 2.45) is 0 Å². The number of ether oxygens (including phenoxy) is 3. The molecule has 74 heavy (non-hydrogen) atoms. The van der Waals surface area contributed by atoms with E-state index in [1.54, 1.807) is 0 Å². The van der Waals surface area contributed by atoms with E-state index in [1.807, 2.05) is 0 Å². The van der Waals surface area contributed by atoms with Crippen LogP contribution in [0, 0.1) is 0 Å². The van der Waals surface area contributed by atoms with Crippen LogP contribution >= 0.6 is 0 Å². The Labute approximate surface area is 457 Å². The van der Waals surface area contributed by atoms with Gasteiger partial charge in [0.15, 0.2) is 6.10 Å². The van der Waals surface area contributed by atoms with E-state index >= 15 is 0 Å². The van der Waals surface area contributed by atoms with Gasteiger partial charge in [-0.2, -0.15) is 0 Å². The maximum atomic E-state index is 12.9. The van der Waals surface area contributed by atoms with Gasteiger partial charge in [-0.15, -0.1) is 0 Å². The predicted molar refractivity (Wildman–Crippen MR) is 320 cm³/mol. The standard InChI is InChI=1S/C68H116O6/c1-4-7-10-13-16-19-22-25-27-29-31-33-34-36-37-39-41-43-46-49-52-55-58-61-67(70)73-64-65(63-72-66(69)60-57-54-51-48-45-24-21-18-15-12-9-6-3)74-68(71)62-59-56-53-50-47-44-42-40-38-35-32-30-28-26-23-20-17-14-11-8-5-2/h7,10,16,19,25,27,30-33,36-37,41,43,49,52,65H,4-6,8-9,11-15,17-18,20-24,26,28-29,34-35,38-40,42,44-48,50-51,53-64H2,1-3H3/b10-7-,19-16-,27-25-,32-30-,33-31-,37-36-,43-41-,52-49-. The Morgan fingerprint density at radius 1 is 0.284 bits per heavy atom. The van der Waals surface area contributed by atoms with Crippen molar-refractivity contribution in [1.82, 2.24) is 0 Å². The fraction of sp³-hybridized carbons (Fsp3) is 0.721. The van der Waals surface area contributed by atoms with Crippen molar-refractivity contribution in [3.63, 3.8) is 0 Å². The lowest BCUT2D eigenvalue weighted by Crippen LogP contribution is -2.30. The van der Waals surface area contributed by atoms with E-state index in [4.69, 9.17) is 14.2 Å². The van der Waals surface area contributed by atoms with Gasteiger partial charge in [0.05, 0.1) is 0 Å². The molecule has 0 aromatic heterocycles. The molecule has 0 fully saturated rings. The summed E-state index contributed by atoms with van der Waals surface area (Å²) in [6.07, 6.45) is 82.7. The van der Waals surface area contributed by atoms with Crippen LogP contribution in [-0.4, -0.2) is 37.2 Å². The summed E-state index contributed by atoms with van der Waals surface area (Å²) in [5.41, 5.74) is 0. The Kier molecular flexibility index (Phi) is 58.8. The van der Waals surface area contributed by atoms with E-state index in [-0.39, 0.29) is 37.5 Å². The third kappa shape index (κ3) is 59.2. The van der Waals surface area contributed by atoms with E-state index in [9.17, 15) is 14.4 Å². The smallest absolute Gasteiger partial charge is 0.306 e. The van der Waals surface area contributed by atoms with Crippen LogP contribution in [0.5, 0.6) is 0 Å². The minimum Gasteiger partial charge on any atom is -0.462 e. The van der Waals surface area contributed by atoms with Gasteiger partial charge in [-0.25, -0.2) is 0 Å². The van der Waals surface area contributed by atoms with Crippen LogP contribution in [0.4, 0.5) is 0 Å². The van der Waals surface area contributed by atoms with Crippen molar-refractivity contribution < 1.29 is 28.6 Å². The van der Waals surface area contributed by atoms with E-state index in [2.05, 4.69) is 118 Å². The fourth-order valence-corrected chi connectivity index (χ4v) is 8.66. The summed E-state index contributed by atoms with van der Waals surface area (Å²) >= 11 is 0. The van der Waals surface area contributed by atoms with Crippen LogP contribution in [0.15, 0.2) is 97.2 Å². The first-order chi connectivity index (χ1) is 36.5. The zero-order valence-electron chi connectivity index (χ0n) is 48.6. The summed E-state index contributed by atoms with van der Waals surface area (Å²) in [6.45, 7) is 6.50. The van der Waals surface area contributed by atoms with E-state index in [0.717, 1.165) is 89.9 Å². The first-order valence-electron chi connectivity index (χ1n) is 31.2. The molecule has 0 spiro atoms. The molecule has 6 nitrogen and oxygen atoms in total. The number of carbonyl (C=O) groups excluding carboxylic acids is 3. The average molecular weight is 1030 g/mol. The number of allylic oxidation sites excluding steroid dienone is 16. The highest BCUT2D eigenvalue weighted by atomic mass is 16.6. The predicted octanol–water partition coefficient (Wildman–Crippen LogP) is 21.3. The van der Waals surface area contributed by atoms with Crippen molar-refractivity contribution in [1.29, 1.82) is 0 Å². The van der Waals surface area contributed by atoms with Crippen LogP contribution in [0.25, 0.3) is 0 Å². The largest absolute Gasteiger partial charge is 0.462 e.